The van der Waals surface area contributed by atoms with Gasteiger partial charge in [-0.2, -0.15) is 0 Å². The van der Waals surface area contributed by atoms with Gasteiger partial charge in [-0.1, -0.05) is 15.9 Å². The van der Waals surface area contributed by atoms with Crippen molar-refractivity contribution in [3.63, 3.8) is 0 Å². The molecule has 2 aliphatic rings. The van der Waals surface area contributed by atoms with Crippen LogP contribution in [0.1, 0.15) is 18.4 Å². The molecule has 2 fully saturated rings. The van der Waals surface area contributed by atoms with Gasteiger partial charge in [-0.05, 0) is 43.0 Å². The van der Waals surface area contributed by atoms with Crippen LogP contribution in [0.2, 0.25) is 0 Å². The minimum atomic E-state index is 0.0816. The minimum Gasteiger partial charge on any atom is -0.496 e. The molecule has 1 saturated heterocycles. The first-order chi connectivity index (χ1) is 11.2. The summed E-state index contributed by atoms with van der Waals surface area (Å²) in [5.41, 5.74) is 0.905. The van der Waals surface area contributed by atoms with E-state index in [4.69, 9.17) is 4.74 Å². The maximum atomic E-state index is 12.4. The second-order valence-electron chi connectivity index (χ2n) is 6.29. The molecule has 1 aliphatic carbocycles. The van der Waals surface area contributed by atoms with Gasteiger partial charge in [0.1, 0.15) is 5.75 Å². The highest BCUT2D eigenvalue weighted by Crippen LogP contribution is 2.30. The number of carbonyl (C=O) groups is 1. The van der Waals surface area contributed by atoms with E-state index in [-0.39, 0.29) is 5.91 Å². The Morgan fingerprint density at radius 2 is 2.04 bits per heavy atom. The van der Waals surface area contributed by atoms with Crippen molar-refractivity contribution in [2.75, 3.05) is 39.8 Å². The number of piperazine rings is 1. The van der Waals surface area contributed by atoms with Crippen molar-refractivity contribution < 1.29 is 9.53 Å². The van der Waals surface area contributed by atoms with Crippen molar-refractivity contribution in [3.05, 3.63) is 34.3 Å². The number of nitrogens with zero attached hydrogens (tertiary/aromatic N) is 2. The number of methoxy groups -OCH3 is 1. The summed E-state index contributed by atoms with van der Waals surface area (Å²) in [6.45, 7) is 4.86. The monoisotopic (exact) mass is 378 g/mol. The summed E-state index contributed by atoms with van der Waals surface area (Å²) in [5.74, 6) is 1.77. The fourth-order valence-corrected chi connectivity index (χ4v) is 3.30. The third-order valence-electron chi connectivity index (χ3n) is 4.49. The summed E-state index contributed by atoms with van der Waals surface area (Å²) < 4.78 is 6.30. The molecule has 1 saturated carbocycles. The quantitative estimate of drug-likeness (QED) is 0.738. The van der Waals surface area contributed by atoms with Gasteiger partial charge in [0.15, 0.2) is 0 Å². The van der Waals surface area contributed by atoms with Gasteiger partial charge in [0.25, 0.3) is 0 Å². The number of amides is 1. The lowest BCUT2D eigenvalue weighted by Gasteiger charge is -2.34. The normalized spacial score (nSPS) is 19.3. The van der Waals surface area contributed by atoms with Gasteiger partial charge in [-0.15, -0.1) is 0 Å². The molecule has 0 spiro atoms. The van der Waals surface area contributed by atoms with Crippen molar-refractivity contribution in [2.24, 2.45) is 5.92 Å². The van der Waals surface area contributed by atoms with Crippen molar-refractivity contribution >= 4 is 27.9 Å². The van der Waals surface area contributed by atoms with Gasteiger partial charge in [0.05, 0.1) is 7.11 Å². The molecular weight excluding hydrogens is 356 g/mol. The zero-order chi connectivity index (χ0) is 16.2. The Morgan fingerprint density at radius 1 is 1.30 bits per heavy atom. The molecule has 0 N–H and O–H groups in total. The SMILES string of the molecule is COc1ccc(Br)cc1/C=C/C(=O)N1CCN(CC2CC2)CC1. The Morgan fingerprint density at radius 3 is 2.70 bits per heavy atom. The van der Waals surface area contributed by atoms with Crippen LogP contribution in [0.15, 0.2) is 28.7 Å². The molecule has 0 radical (unpaired) electrons. The van der Waals surface area contributed by atoms with Crippen molar-refractivity contribution in [1.82, 2.24) is 9.80 Å². The van der Waals surface area contributed by atoms with E-state index in [9.17, 15) is 4.79 Å². The smallest absolute Gasteiger partial charge is 0.246 e. The van der Waals surface area contributed by atoms with E-state index in [1.807, 2.05) is 29.2 Å². The Kier molecular flexibility index (Phi) is 5.38. The van der Waals surface area contributed by atoms with E-state index in [1.165, 1.54) is 19.4 Å². The molecule has 23 heavy (non-hydrogen) atoms. The van der Waals surface area contributed by atoms with Gasteiger partial charge in [0.2, 0.25) is 5.91 Å². The van der Waals surface area contributed by atoms with E-state index in [2.05, 4.69) is 20.8 Å². The summed E-state index contributed by atoms with van der Waals surface area (Å²) in [6.07, 6.45) is 6.26. The van der Waals surface area contributed by atoms with E-state index >= 15 is 0 Å². The molecule has 1 aromatic rings. The van der Waals surface area contributed by atoms with Crippen LogP contribution in [0.5, 0.6) is 5.75 Å². The topological polar surface area (TPSA) is 32.8 Å². The highest BCUT2D eigenvalue weighted by atomic mass is 79.9. The van der Waals surface area contributed by atoms with Gasteiger partial charge in [0, 0.05) is 48.8 Å². The Hall–Kier alpha value is -1.33. The van der Waals surface area contributed by atoms with Gasteiger partial charge in [-0.25, -0.2) is 0 Å². The zero-order valence-corrected chi connectivity index (χ0v) is 15.1. The summed E-state index contributed by atoms with van der Waals surface area (Å²) in [6, 6.07) is 5.78. The summed E-state index contributed by atoms with van der Waals surface area (Å²) in [4.78, 5) is 16.8. The van der Waals surface area contributed by atoms with E-state index in [1.54, 1.807) is 13.2 Å². The molecule has 5 heteroatoms. The molecule has 1 amide bonds. The second-order valence-corrected chi connectivity index (χ2v) is 7.20. The van der Waals surface area contributed by atoms with Crippen LogP contribution in [0.25, 0.3) is 6.08 Å². The standard InChI is InChI=1S/C18H23BrN2O2/c1-23-17-6-5-16(19)12-15(17)4-7-18(22)21-10-8-20(9-11-21)13-14-2-3-14/h4-7,12,14H,2-3,8-11,13H2,1H3/b7-4+. The molecule has 4 nitrogen and oxygen atoms in total. The third kappa shape index (κ3) is 4.58. The molecule has 1 heterocycles. The highest BCUT2D eigenvalue weighted by molar-refractivity contribution is 9.10. The first-order valence-electron chi connectivity index (χ1n) is 8.18. The van der Waals surface area contributed by atoms with Crippen molar-refractivity contribution in [3.8, 4) is 5.75 Å². The van der Waals surface area contributed by atoms with E-state index < -0.39 is 0 Å². The van der Waals surface area contributed by atoms with Crippen molar-refractivity contribution in [1.29, 1.82) is 0 Å². The number of carbonyl (C=O) groups excluding carboxylic acids is 1. The largest absolute Gasteiger partial charge is 0.496 e. The van der Waals surface area contributed by atoms with Crippen LogP contribution in [0.3, 0.4) is 0 Å². The zero-order valence-electron chi connectivity index (χ0n) is 13.5. The number of benzene rings is 1. The highest BCUT2D eigenvalue weighted by Gasteiger charge is 2.27. The molecule has 0 aromatic heterocycles. The lowest BCUT2D eigenvalue weighted by Crippen LogP contribution is -2.48. The van der Waals surface area contributed by atoms with Gasteiger partial charge >= 0.3 is 0 Å². The minimum absolute atomic E-state index is 0.0816. The maximum absolute atomic E-state index is 12.4. The summed E-state index contributed by atoms with van der Waals surface area (Å²) in [5, 5.41) is 0. The van der Waals surface area contributed by atoms with E-state index in [0.717, 1.165) is 47.9 Å². The average molecular weight is 379 g/mol. The van der Waals surface area contributed by atoms with Crippen LogP contribution in [-0.2, 0) is 4.79 Å². The van der Waals surface area contributed by atoms with Crippen molar-refractivity contribution in [2.45, 2.75) is 12.8 Å². The first kappa shape index (κ1) is 16.5. The van der Waals surface area contributed by atoms with Gasteiger partial charge in [-0.3, -0.25) is 9.69 Å². The number of halogens is 1. The summed E-state index contributed by atoms with van der Waals surface area (Å²) >= 11 is 3.45. The Labute approximate surface area is 146 Å². The predicted octanol–water partition coefficient (Wildman–Crippen LogP) is 3.03. The summed E-state index contributed by atoms with van der Waals surface area (Å²) in [7, 11) is 1.64. The number of hydrogen-bond acceptors (Lipinski definition) is 3. The molecule has 0 unspecified atom stereocenters. The number of hydrogen-bond donors (Lipinski definition) is 0. The van der Waals surface area contributed by atoms with Crippen LogP contribution in [0.4, 0.5) is 0 Å². The molecule has 0 atom stereocenters. The average Bonchev–Trinajstić information content (AvgIpc) is 3.37. The Bertz CT molecular complexity index is 591. The second kappa shape index (κ2) is 7.49. The fraction of sp³-hybridized carbons (Fsp3) is 0.500. The molecule has 1 aromatic carbocycles. The number of ether oxygens (including phenoxy) is 1. The van der Waals surface area contributed by atoms with Crippen LogP contribution >= 0.6 is 15.9 Å². The lowest BCUT2D eigenvalue weighted by molar-refractivity contribution is -0.127. The third-order valence-corrected chi connectivity index (χ3v) is 4.99. The molecule has 0 bridgehead atoms. The molecule has 3 rings (SSSR count). The fourth-order valence-electron chi connectivity index (χ4n) is 2.92. The predicted molar refractivity (Wildman–Crippen MR) is 95.5 cm³/mol. The molecular formula is C18H23BrN2O2. The van der Waals surface area contributed by atoms with Crippen LogP contribution in [0, 0.1) is 5.92 Å². The van der Waals surface area contributed by atoms with Crippen LogP contribution < -0.4 is 4.74 Å². The van der Waals surface area contributed by atoms with Gasteiger partial charge < -0.3 is 9.64 Å². The van der Waals surface area contributed by atoms with E-state index in [0.29, 0.717) is 0 Å². The number of rotatable bonds is 5. The Balaban J connectivity index is 1.55. The molecule has 124 valence electrons. The first-order valence-corrected chi connectivity index (χ1v) is 8.98. The lowest BCUT2D eigenvalue weighted by atomic mass is 10.2. The van der Waals surface area contributed by atoms with Crippen LogP contribution in [-0.4, -0.2) is 55.5 Å². The molecule has 1 aliphatic heterocycles. The maximum Gasteiger partial charge on any atom is 0.246 e.